The minimum absolute atomic E-state index is 0.0774. The number of halogens is 1. The summed E-state index contributed by atoms with van der Waals surface area (Å²) in [7, 11) is -2.33. The van der Waals surface area contributed by atoms with Crippen molar-refractivity contribution < 1.29 is 27.1 Å². The Hall–Kier alpha value is -2.78. The largest absolute Gasteiger partial charge is 0.465 e. The third-order valence-electron chi connectivity index (χ3n) is 4.90. The fourth-order valence-corrected chi connectivity index (χ4v) is 4.80. The van der Waals surface area contributed by atoms with Crippen molar-refractivity contribution in [1.82, 2.24) is 4.31 Å². The van der Waals surface area contributed by atoms with Crippen molar-refractivity contribution in [3.8, 4) is 0 Å². The molecule has 0 saturated carbocycles. The number of methoxy groups -OCH3 is 1. The molecule has 1 heterocycles. The van der Waals surface area contributed by atoms with Gasteiger partial charge in [-0.1, -0.05) is 18.6 Å². The van der Waals surface area contributed by atoms with Crippen LogP contribution in [-0.4, -0.2) is 44.8 Å². The van der Waals surface area contributed by atoms with Gasteiger partial charge in [0.1, 0.15) is 5.82 Å². The van der Waals surface area contributed by atoms with Gasteiger partial charge in [-0.05, 0) is 48.7 Å². The number of carbonyl (C=O) groups is 2. The normalized spacial score (nSPS) is 14.9. The summed E-state index contributed by atoms with van der Waals surface area (Å²) in [5.74, 6) is -1.82. The van der Waals surface area contributed by atoms with Crippen molar-refractivity contribution in [3.05, 3.63) is 59.4 Å². The molecule has 1 amide bonds. The Labute approximate surface area is 174 Å². The highest BCUT2D eigenvalue weighted by Gasteiger charge is 2.25. The molecular weight excluding hydrogens is 411 g/mol. The molecule has 1 aliphatic rings. The second-order valence-corrected chi connectivity index (χ2v) is 8.96. The van der Waals surface area contributed by atoms with E-state index in [1.165, 1.54) is 35.7 Å². The van der Waals surface area contributed by atoms with Gasteiger partial charge in [0.2, 0.25) is 15.9 Å². The first-order valence-corrected chi connectivity index (χ1v) is 11.0. The minimum atomic E-state index is -3.54. The van der Waals surface area contributed by atoms with E-state index in [2.05, 4.69) is 10.1 Å². The van der Waals surface area contributed by atoms with Crippen molar-refractivity contribution in [1.29, 1.82) is 0 Å². The summed E-state index contributed by atoms with van der Waals surface area (Å²) in [4.78, 5) is 24.1. The van der Waals surface area contributed by atoms with Crippen LogP contribution in [0.25, 0.3) is 0 Å². The maximum absolute atomic E-state index is 14.0. The summed E-state index contributed by atoms with van der Waals surface area (Å²) in [6.45, 7) is 1.03. The number of benzene rings is 2. The van der Waals surface area contributed by atoms with Crippen LogP contribution < -0.4 is 5.32 Å². The average Bonchev–Trinajstić information content (AvgIpc) is 2.75. The summed E-state index contributed by atoms with van der Waals surface area (Å²) in [6.07, 6.45) is 2.66. The Morgan fingerprint density at radius 2 is 1.73 bits per heavy atom. The number of nitrogens with zero attached hydrogens (tertiary/aromatic N) is 1. The number of nitrogens with one attached hydrogen (secondary N) is 1. The van der Waals surface area contributed by atoms with Crippen LogP contribution in [-0.2, 0) is 26.0 Å². The quantitative estimate of drug-likeness (QED) is 0.706. The van der Waals surface area contributed by atoms with Crippen LogP contribution in [0.4, 0.5) is 10.1 Å². The van der Waals surface area contributed by atoms with E-state index >= 15 is 0 Å². The summed E-state index contributed by atoms with van der Waals surface area (Å²) in [6, 6.07) is 9.62. The van der Waals surface area contributed by atoms with Crippen LogP contribution in [0.5, 0.6) is 0 Å². The highest BCUT2D eigenvalue weighted by Crippen LogP contribution is 2.21. The molecule has 2 aromatic rings. The molecule has 9 heteroatoms. The molecule has 160 valence electrons. The predicted octanol–water partition coefficient (Wildman–Crippen LogP) is 2.97. The van der Waals surface area contributed by atoms with Gasteiger partial charge in [-0.2, -0.15) is 4.31 Å². The Kier molecular flexibility index (Phi) is 6.84. The van der Waals surface area contributed by atoms with Gasteiger partial charge in [0.15, 0.2) is 0 Å². The molecule has 1 aliphatic heterocycles. The standard InChI is InChI=1S/C21H23FN2O5S/c1-29-21(26)16-7-10-18(22)19(14-16)23-20(25)13-15-5-8-17(9-6-15)30(27,28)24-11-3-2-4-12-24/h5-10,14H,2-4,11-13H2,1H3,(H,23,25). The average molecular weight is 434 g/mol. The van der Waals surface area contributed by atoms with Crippen LogP contribution in [0.3, 0.4) is 0 Å². The summed E-state index contributed by atoms with van der Waals surface area (Å²) in [5, 5.41) is 2.43. The second kappa shape index (κ2) is 9.36. The van der Waals surface area contributed by atoms with Gasteiger partial charge in [0, 0.05) is 13.1 Å². The zero-order valence-electron chi connectivity index (χ0n) is 16.6. The van der Waals surface area contributed by atoms with E-state index in [0.717, 1.165) is 25.3 Å². The van der Waals surface area contributed by atoms with Crippen molar-refractivity contribution in [2.24, 2.45) is 0 Å². The molecule has 30 heavy (non-hydrogen) atoms. The Morgan fingerprint density at radius 1 is 1.07 bits per heavy atom. The van der Waals surface area contributed by atoms with E-state index in [9.17, 15) is 22.4 Å². The number of carbonyl (C=O) groups excluding carboxylic acids is 2. The first kappa shape index (κ1) is 21.9. The van der Waals surface area contributed by atoms with Crippen molar-refractivity contribution in [2.45, 2.75) is 30.6 Å². The first-order chi connectivity index (χ1) is 14.3. The lowest BCUT2D eigenvalue weighted by Crippen LogP contribution is -2.35. The fourth-order valence-electron chi connectivity index (χ4n) is 3.28. The molecule has 0 bridgehead atoms. The Morgan fingerprint density at radius 3 is 2.37 bits per heavy atom. The Bertz CT molecular complexity index is 1030. The maximum Gasteiger partial charge on any atom is 0.337 e. The maximum atomic E-state index is 14.0. The molecule has 3 rings (SSSR count). The number of rotatable bonds is 6. The van der Waals surface area contributed by atoms with E-state index < -0.39 is 27.7 Å². The van der Waals surface area contributed by atoms with Crippen molar-refractivity contribution in [3.63, 3.8) is 0 Å². The van der Waals surface area contributed by atoms with Crippen LogP contribution in [0, 0.1) is 5.82 Å². The molecule has 0 radical (unpaired) electrons. The molecule has 7 nitrogen and oxygen atoms in total. The minimum Gasteiger partial charge on any atom is -0.465 e. The van der Waals surface area contributed by atoms with Gasteiger partial charge in [0.25, 0.3) is 0 Å². The van der Waals surface area contributed by atoms with Crippen LogP contribution in [0.15, 0.2) is 47.4 Å². The molecule has 0 aromatic heterocycles. The number of hydrogen-bond donors (Lipinski definition) is 1. The number of anilines is 1. The second-order valence-electron chi connectivity index (χ2n) is 7.02. The molecule has 0 aliphatic carbocycles. The van der Waals surface area contributed by atoms with Crippen LogP contribution >= 0.6 is 0 Å². The molecule has 2 aromatic carbocycles. The molecule has 1 N–H and O–H groups in total. The first-order valence-electron chi connectivity index (χ1n) is 9.58. The van der Waals surface area contributed by atoms with Crippen LogP contribution in [0.1, 0.15) is 35.2 Å². The number of sulfonamides is 1. The smallest absolute Gasteiger partial charge is 0.337 e. The predicted molar refractivity (Wildman–Crippen MR) is 109 cm³/mol. The zero-order chi connectivity index (χ0) is 21.7. The fraction of sp³-hybridized carbons (Fsp3) is 0.333. The summed E-state index contributed by atoms with van der Waals surface area (Å²) in [5.41, 5.74) is 0.559. The van der Waals surface area contributed by atoms with E-state index in [4.69, 9.17) is 0 Å². The van der Waals surface area contributed by atoms with E-state index in [0.29, 0.717) is 18.7 Å². The topological polar surface area (TPSA) is 92.8 Å². The molecule has 0 spiro atoms. The number of ether oxygens (including phenoxy) is 1. The summed E-state index contributed by atoms with van der Waals surface area (Å²) < 4.78 is 45.4. The van der Waals surface area contributed by atoms with Gasteiger partial charge in [0.05, 0.1) is 29.7 Å². The van der Waals surface area contributed by atoms with Crippen molar-refractivity contribution in [2.75, 3.05) is 25.5 Å². The monoisotopic (exact) mass is 434 g/mol. The molecular formula is C21H23FN2O5S. The highest BCUT2D eigenvalue weighted by atomic mass is 32.2. The number of piperidine rings is 1. The number of hydrogen-bond acceptors (Lipinski definition) is 5. The molecule has 0 atom stereocenters. The molecule has 1 fully saturated rings. The number of esters is 1. The lowest BCUT2D eigenvalue weighted by Gasteiger charge is -2.25. The van der Waals surface area contributed by atoms with Gasteiger partial charge in [-0.15, -0.1) is 0 Å². The van der Waals surface area contributed by atoms with E-state index in [1.54, 1.807) is 12.1 Å². The molecule has 0 unspecified atom stereocenters. The van der Waals surface area contributed by atoms with Gasteiger partial charge in [-0.25, -0.2) is 17.6 Å². The zero-order valence-corrected chi connectivity index (χ0v) is 17.4. The summed E-state index contributed by atoms with van der Waals surface area (Å²) >= 11 is 0. The van der Waals surface area contributed by atoms with Crippen LogP contribution in [0.2, 0.25) is 0 Å². The van der Waals surface area contributed by atoms with Gasteiger partial charge >= 0.3 is 5.97 Å². The van der Waals surface area contributed by atoms with E-state index in [1.807, 2.05) is 0 Å². The van der Waals surface area contributed by atoms with Gasteiger partial charge in [-0.3, -0.25) is 4.79 Å². The third kappa shape index (κ3) is 5.03. The van der Waals surface area contributed by atoms with Gasteiger partial charge < -0.3 is 10.1 Å². The number of amides is 1. The lowest BCUT2D eigenvalue weighted by molar-refractivity contribution is -0.115. The Balaban J connectivity index is 1.67. The SMILES string of the molecule is COC(=O)c1ccc(F)c(NC(=O)Cc2ccc(S(=O)(=O)N3CCCCC3)cc2)c1. The lowest BCUT2D eigenvalue weighted by atomic mass is 10.1. The highest BCUT2D eigenvalue weighted by molar-refractivity contribution is 7.89. The van der Waals surface area contributed by atoms with Crippen molar-refractivity contribution >= 4 is 27.6 Å². The molecule has 1 saturated heterocycles. The van der Waals surface area contributed by atoms with E-state index in [-0.39, 0.29) is 22.6 Å². The third-order valence-corrected chi connectivity index (χ3v) is 6.82.